The van der Waals surface area contributed by atoms with Crippen molar-refractivity contribution in [3.63, 3.8) is 0 Å². The van der Waals surface area contributed by atoms with Crippen molar-refractivity contribution in [2.24, 2.45) is 0 Å². The maximum Gasteiger partial charge on any atom is 0.0961 e. The predicted molar refractivity (Wildman–Crippen MR) is 63.2 cm³/mol. The van der Waals surface area contributed by atoms with Crippen LogP contribution in [-0.4, -0.2) is 17.3 Å². The summed E-state index contributed by atoms with van der Waals surface area (Å²) in [6, 6.07) is 8.75. The molecule has 0 unspecified atom stereocenters. The van der Waals surface area contributed by atoms with Crippen molar-refractivity contribution in [2.45, 2.75) is 32.7 Å². The highest BCUT2D eigenvalue weighted by molar-refractivity contribution is 5.80. The van der Waals surface area contributed by atoms with Crippen molar-refractivity contribution in [1.82, 2.24) is 4.90 Å². The first-order valence-electron chi connectivity index (χ1n) is 5.70. The molecule has 0 saturated carbocycles. The lowest BCUT2D eigenvalue weighted by molar-refractivity contribution is 0.446. The Balaban J connectivity index is 2.01. The first-order valence-corrected chi connectivity index (χ1v) is 5.70. The van der Waals surface area contributed by atoms with E-state index in [0.29, 0.717) is 0 Å². The number of benzene rings is 1. The number of nitrogens with one attached hydrogen (secondary N) is 1. The van der Waals surface area contributed by atoms with E-state index in [1.54, 1.807) is 0 Å². The van der Waals surface area contributed by atoms with Crippen LogP contribution < -0.4 is 0 Å². The van der Waals surface area contributed by atoms with Gasteiger partial charge in [-0.25, -0.2) is 0 Å². The van der Waals surface area contributed by atoms with Crippen LogP contribution in [0.4, 0.5) is 0 Å². The molecule has 1 saturated heterocycles. The maximum absolute atomic E-state index is 7.76. The molecule has 1 N–H and O–H groups in total. The van der Waals surface area contributed by atoms with E-state index >= 15 is 0 Å². The van der Waals surface area contributed by atoms with Gasteiger partial charge >= 0.3 is 0 Å². The average molecular weight is 202 g/mol. The molecule has 0 bridgehead atoms. The Labute approximate surface area is 91.4 Å². The Bertz CT molecular complexity index is 340. The quantitative estimate of drug-likeness (QED) is 0.801. The van der Waals surface area contributed by atoms with Gasteiger partial charge in [-0.3, -0.25) is 5.41 Å². The summed E-state index contributed by atoms with van der Waals surface area (Å²) in [5.74, 6) is 0.801. The van der Waals surface area contributed by atoms with Gasteiger partial charge < -0.3 is 4.90 Å². The summed E-state index contributed by atoms with van der Waals surface area (Å²) in [6.45, 7) is 4.13. The lowest BCUT2D eigenvalue weighted by atomic mass is 10.1. The van der Waals surface area contributed by atoms with Gasteiger partial charge in [0.15, 0.2) is 0 Å². The van der Waals surface area contributed by atoms with Crippen LogP contribution in [0.5, 0.6) is 0 Å². The Hall–Kier alpha value is -1.31. The number of nitrogens with zero attached hydrogens (tertiary/aromatic N) is 1. The highest BCUT2D eigenvalue weighted by Crippen LogP contribution is 2.15. The Morgan fingerprint density at radius 3 is 2.40 bits per heavy atom. The Morgan fingerprint density at radius 2 is 1.87 bits per heavy atom. The molecule has 0 amide bonds. The molecule has 0 atom stereocenters. The molecule has 15 heavy (non-hydrogen) atoms. The van der Waals surface area contributed by atoms with E-state index in [9.17, 15) is 0 Å². The summed E-state index contributed by atoms with van der Waals surface area (Å²) in [7, 11) is 0. The maximum atomic E-state index is 7.76. The van der Waals surface area contributed by atoms with Crippen LogP contribution in [0.15, 0.2) is 24.3 Å². The van der Waals surface area contributed by atoms with E-state index in [1.165, 1.54) is 11.1 Å². The van der Waals surface area contributed by atoms with Gasteiger partial charge in [0.2, 0.25) is 0 Å². The fourth-order valence-corrected chi connectivity index (χ4v) is 2.01. The Kier molecular flexibility index (Phi) is 3.05. The number of hydrogen-bond donors (Lipinski definition) is 1. The molecule has 1 aliphatic heterocycles. The summed E-state index contributed by atoms with van der Waals surface area (Å²) >= 11 is 0. The van der Waals surface area contributed by atoms with Crippen molar-refractivity contribution in [1.29, 1.82) is 5.41 Å². The van der Waals surface area contributed by atoms with Crippen molar-refractivity contribution in [3.05, 3.63) is 35.4 Å². The molecule has 80 valence electrons. The second-order valence-corrected chi connectivity index (χ2v) is 4.14. The van der Waals surface area contributed by atoms with Gasteiger partial charge in [0.25, 0.3) is 0 Å². The van der Waals surface area contributed by atoms with Gasteiger partial charge in [0.05, 0.1) is 5.84 Å². The van der Waals surface area contributed by atoms with E-state index < -0.39 is 0 Å². The van der Waals surface area contributed by atoms with E-state index in [-0.39, 0.29) is 0 Å². The molecule has 0 aromatic heterocycles. The Morgan fingerprint density at radius 1 is 1.20 bits per heavy atom. The number of rotatable bonds is 3. The van der Waals surface area contributed by atoms with Crippen LogP contribution in [-0.2, 0) is 13.0 Å². The number of hydrogen-bond acceptors (Lipinski definition) is 1. The summed E-state index contributed by atoms with van der Waals surface area (Å²) in [5.41, 5.74) is 2.70. The van der Waals surface area contributed by atoms with Crippen molar-refractivity contribution >= 4 is 5.84 Å². The van der Waals surface area contributed by atoms with Crippen LogP contribution in [0.1, 0.15) is 30.9 Å². The van der Waals surface area contributed by atoms with E-state index in [2.05, 4.69) is 36.1 Å². The molecule has 1 aromatic carbocycles. The lowest BCUT2D eigenvalue weighted by Gasteiger charge is -2.17. The fraction of sp³-hybridized carbons (Fsp3) is 0.462. The van der Waals surface area contributed by atoms with Crippen LogP contribution >= 0.6 is 0 Å². The van der Waals surface area contributed by atoms with E-state index in [1.807, 2.05) is 0 Å². The third-order valence-electron chi connectivity index (χ3n) is 3.03. The number of aryl methyl sites for hydroxylation is 1. The minimum absolute atomic E-state index is 0.801. The predicted octanol–water partition coefficient (Wildman–Crippen LogP) is 2.82. The van der Waals surface area contributed by atoms with Crippen LogP contribution in [0.2, 0.25) is 0 Å². The van der Waals surface area contributed by atoms with Gasteiger partial charge in [-0.2, -0.15) is 0 Å². The monoisotopic (exact) mass is 202 g/mol. The van der Waals surface area contributed by atoms with Gasteiger partial charge in [0.1, 0.15) is 0 Å². The van der Waals surface area contributed by atoms with Gasteiger partial charge in [-0.15, -0.1) is 0 Å². The van der Waals surface area contributed by atoms with Gasteiger partial charge in [0, 0.05) is 19.5 Å². The highest BCUT2D eigenvalue weighted by Gasteiger charge is 2.16. The van der Waals surface area contributed by atoms with Gasteiger partial charge in [-0.1, -0.05) is 31.2 Å². The topological polar surface area (TPSA) is 27.1 Å². The van der Waals surface area contributed by atoms with Crippen LogP contribution in [0.25, 0.3) is 0 Å². The first kappa shape index (κ1) is 10.2. The summed E-state index contributed by atoms with van der Waals surface area (Å²) in [5, 5.41) is 7.76. The molecular formula is C13H18N2. The SMILES string of the molecule is CCc1ccc(CN2CCCC2=N)cc1. The molecule has 1 aromatic rings. The zero-order chi connectivity index (χ0) is 10.7. The number of likely N-dealkylation sites (tertiary alicyclic amines) is 1. The standard InChI is InChI=1S/C13H18N2/c1-2-11-5-7-12(8-6-11)10-15-9-3-4-13(15)14/h5-8,14H,2-4,9-10H2,1H3. The molecule has 0 spiro atoms. The lowest BCUT2D eigenvalue weighted by Crippen LogP contribution is -2.23. The fourth-order valence-electron chi connectivity index (χ4n) is 2.01. The molecule has 0 radical (unpaired) electrons. The smallest absolute Gasteiger partial charge is 0.0961 e. The van der Waals surface area contributed by atoms with Crippen LogP contribution in [0, 0.1) is 5.41 Å². The minimum atomic E-state index is 0.801. The molecule has 1 aliphatic rings. The van der Waals surface area contributed by atoms with Crippen molar-refractivity contribution in [2.75, 3.05) is 6.54 Å². The highest BCUT2D eigenvalue weighted by atomic mass is 15.2. The molecule has 2 nitrogen and oxygen atoms in total. The third-order valence-corrected chi connectivity index (χ3v) is 3.03. The van der Waals surface area contributed by atoms with E-state index in [0.717, 1.165) is 38.2 Å². The molecule has 2 heteroatoms. The second kappa shape index (κ2) is 4.47. The zero-order valence-corrected chi connectivity index (χ0v) is 9.29. The molecule has 1 heterocycles. The molecule has 1 fully saturated rings. The molecular weight excluding hydrogens is 184 g/mol. The van der Waals surface area contributed by atoms with Crippen LogP contribution in [0.3, 0.4) is 0 Å². The normalized spacial score (nSPS) is 16.1. The largest absolute Gasteiger partial charge is 0.356 e. The van der Waals surface area contributed by atoms with E-state index in [4.69, 9.17) is 5.41 Å². The van der Waals surface area contributed by atoms with Crippen molar-refractivity contribution < 1.29 is 0 Å². The van der Waals surface area contributed by atoms with Crippen molar-refractivity contribution in [3.8, 4) is 0 Å². The third kappa shape index (κ3) is 2.38. The zero-order valence-electron chi connectivity index (χ0n) is 9.29. The average Bonchev–Trinajstić information content (AvgIpc) is 2.66. The number of amidine groups is 1. The second-order valence-electron chi connectivity index (χ2n) is 4.14. The molecule has 2 rings (SSSR count). The van der Waals surface area contributed by atoms with Gasteiger partial charge in [-0.05, 0) is 24.0 Å². The summed E-state index contributed by atoms with van der Waals surface area (Å²) in [4.78, 5) is 2.17. The summed E-state index contributed by atoms with van der Waals surface area (Å²) in [6.07, 6.45) is 3.19. The molecule has 0 aliphatic carbocycles. The minimum Gasteiger partial charge on any atom is -0.356 e. The first-order chi connectivity index (χ1) is 7.29. The summed E-state index contributed by atoms with van der Waals surface area (Å²) < 4.78 is 0.